The van der Waals surface area contributed by atoms with Gasteiger partial charge >= 0.3 is 11.9 Å². The number of guanidine groups is 1. The van der Waals surface area contributed by atoms with Crippen LogP contribution in [0.1, 0.15) is 49.7 Å². The van der Waals surface area contributed by atoms with Gasteiger partial charge in [-0.1, -0.05) is 127 Å². The Balaban J connectivity index is 0.00000518. The van der Waals surface area contributed by atoms with Crippen LogP contribution in [0, 0.1) is 0 Å². The van der Waals surface area contributed by atoms with Gasteiger partial charge in [-0.05, 0) is 83.3 Å². The predicted octanol–water partition coefficient (Wildman–Crippen LogP) is -2.05. The lowest BCUT2D eigenvalue weighted by atomic mass is 9.92. The highest BCUT2D eigenvalue weighted by Crippen LogP contribution is 2.45. The number of unbranched alkanes of at least 4 members (excludes halogenated alkanes) is 1. The molecule has 0 fully saturated rings. The fraction of sp³-hybridized carbons (Fsp3) is 0.264. The molecule has 3 atom stereocenters. The maximum Gasteiger partial charge on any atom is 0.338 e. The maximum atomic E-state index is 14.2. The molecule has 6 aromatic rings. The summed E-state index contributed by atoms with van der Waals surface area (Å²) >= 11 is 0. The molecule has 0 aliphatic heterocycles. The van der Waals surface area contributed by atoms with Crippen LogP contribution in [0.4, 0.5) is 0 Å². The van der Waals surface area contributed by atoms with Crippen molar-refractivity contribution >= 4 is 51.2 Å². The Labute approximate surface area is 415 Å². The lowest BCUT2D eigenvalue weighted by Gasteiger charge is -2.25. The average molecular weight is 979 g/mol. The zero-order chi connectivity index (χ0) is 47.4. The highest BCUT2D eigenvalue weighted by molar-refractivity contribution is 6.10. The fourth-order valence-corrected chi connectivity index (χ4v) is 7.73. The van der Waals surface area contributed by atoms with Crippen LogP contribution in [0.5, 0.6) is 11.5 Å². The third-order valence-corrected chi connectivity index (χ3v) is 11.1. The van der Waals surface area contributed by atoms with Crippen LogP contribution in [0.15, 0.2) is 146 Å². The Morgan fingerprint density at radius 2 is 1.12 bits per heavy atom. The topological polar surface area (TPSA) is 226 Å². The van der Waals surface area contributed by atoms with Gasteiger partial charge in [-0.15, -0.1) is 6.58 Å². The number of hydrogen-bond donors (Lipinski definition) is 7. The van der Waals surface area contributed by atoms with E-state index in [2.05, 4.69) is 33.3 Å². The molecular formula is C53H61Cl2N7O7. The second-order valence-electron chi connectivity index (χ2n) is 16.1. The van der Waals surface area contributed by atoms with Crippen LogP contribution in [0.25, 0.3) is 32.7 Å². The van der Waals surface area contributed by atoms with Crippen LogP contribution in [-0.2, 0) is 37.1 Å². The van der Waals surface area contributed by atoms with Gasteiger partial charge in [0.05, 0.1) is 13.1 Å². The van der Waals surface area contributed by atoms with Crippen LogP contribution >= 0.6 is 0 Å². The van der Waals surface area contributed by atoms with Crippen molar-refractivity contribution in [1.29, 1.82) is 0 Å². The number of amides is 3. The molecule has 0 saturated heterocycles. The molecule has 0 saturated carbocycles. The molecule has 14 nitrogen and oxygen atoms in total. The molecule has 0 aromatic heterocycles. The van der Waals surface area contributed by atoms with Crippen molar-refractivity contribution in [3.05, 3.63) is 157 Å². The zero-order valence-electron chi connectivity index (χ0n) is 38.5. The van der Waals surface area contributed by atoms with E-state index in [9.17, 15) is 19.2 Å². The van der Waals surface area contributed by atoms with E-state index >= 15 is 0 Å². The van der Waals surface area contributed by atoms with Crippen molar-refractivity contribution < 1.29 is 68.9 Å². The molecule has 0 heterocycles. The van der Waals surface area contributed by atoms with Crippen molar-refractivity contribution in [2.24, 2.45) is 11.5 Å². The highest BCUT2D eigenvalue weighted by Gasteiger charge is 2.30. The molecule has 0 aliphatic carbocycles. The summed E-state index contributed by atoms with van der Waals surface area (Å²) in [5.41, 5.74) is 18.5. The van der Waals surface area contributed by atoms with Gasteiger partial charge in [-0.2, -0.15) is 0 Å². The third kappa shape index (κ3) is 16.0. The molecule has 6 aromatic carbocycles. The second-order valence-corrected chi connectivity index (χ2v) is 16.1. The molecule has 0 spiro atoms. The minimum absolute atomic E-state index is 0. The summed E-state index contributed by atoms with van der Waals surface area (Å²) in [6.07, 6.45) is 3.66. The first-order chi connectivity index (χ1) is 32.6. The average Bonchev–Trinajstić information content (AvgIpc) is 3.35. The molecule has 69 heavy (non-hydrogen) atoms. The monoisotopic (exact) mass is 977 g/mol. The van der Waals surface area contributed by atoms with Crippen molar-refractivity contribution in [3.63, 3.8) is 0 Å². The largest absolute Gasteiger partial charge is 1.00 e. The van der Waals surface area contributed by atoms with Crippen LogP contribution < -0.4 is 72.4 Å². The minimum atomic E-state index is -1.11. The first-order valence-corrected chi connectivity index (χ1v) is 22.6. The number of rotatable bonds is 25. The van der Waals surface area contributed by atoms with E-state index in [0.29, 0.717) is 50.5 Å². The lowest BCUT2D eigenvalue weighted by Crippen LogP contribution is -3.00. The van der Waals surface area contributed by atoms with Gasteiger partial charge in [-0.25, -0.2) is 4.79 Å². The first kappa shape index (κ1) is 54.5. The maximum absolute atomic E-state index is 14.2. The number of ether oxygens (including phenoxy) is 3. The minimum Gasteiger partial charge on any atom is -1.00 e. The molecule has 16 heteroatoms. The van der Waals surface area contributed by atoms with Gasteiger partial charge in [0.2, 0.25) is 11.8 Å². The number of carbonyl (C=O) groups is 4. The van der Waals surface area contributed by atoms with Crippen LogP contribution in [0.3, 0.4) is 0 Å². The summed E-state index contributed by atoms with van der Waals surface area (Å²) < 4.78 is 18.5. The molecular weight excluding hydrogens is 918 g/mol. The van der Waals surface area contributed by atoms with Crippen molar-refractivity contribution in [2.75, 3.05) is 19.7 Å². The summed E-state index contributed by atoms with van der Waals surface area (Å²) in [6.45, 7) is 4.62. The molecule has 0 radical (unpaired) electrons. The van der Waals surface area contributed by atoms with Crippen LogP contribution in [-0.4, -0.2) is 67.5 Å². The first-order valence-electron chi connectivity index (χ1n) is 22.6. The normalized spacial score (nSPS) is 11.9. The van der Waals surface area contributed by atoms with E-state index in [1.54, 1.807) is 0 Å². The van der Waals surface area contributed by atoms with Crippen molar-refractivity contribution in [1.82, 2.24) is 16.0 Å². The Hall–Kier alpha value is -7.13. The van der Waals surface area contributed by atoms with Gasteiger partial charge in [0.15, 0.2) is 6.61 Å². The lowest BCUT2D eigenvalue weighted by molar-refractivity contribution is -0.459. The van der Waals surface area contributed by atoms with Gasteiger partial charge in [0.1, 0.15) is 42.8 Å². The number of nitrogens with one attached hydrogen (secondary N) is 4. The van der Waals surface area contributed by atoms with Crippen LogP contribution in [0.2, 0.25) is 0 Å². The Morgan fingerprint density at radius 3 is 1.68 bits per heavy atom. The Morgan fingerprint density at radius 1 is 0.609 bits per heavy atom. The van der Waals surface area contributed by atoms with E-state index in [-0.39, 0.29) is 56.6 Å². The standard InChI is InChI=1S/C53H59N7O7.2ClH/c1-2-16-44(52(64)67-34-37-19-7-4-8-20-37)60-51(63)43(26-15-32-57-53(55)56)59-50(62)42(25-13-14-31-54)58-47(61)35-66-46-30-28-39-22-10-12-24-41(39)49(46)48-40-23-11-9-21-38(40)27-29-45(48)65-33-36-17-5-3-6-18-36;;/h2-12,17-24,27-30,42-44H,1,13-16,25-26,31-35,54H2,(H,58,61)(H,59,62)(H,60,63)(H4,55,56,57);2*1H/t42-,43-,44+;;/m1../s1. The molecule has 0 aliphatic rings. The number of nitrogens with two attached hydrogens (primary N) is 2. The van der Waals surface area contributed by atoms with Crippen molar-refractivity contribution in [2.45, 2.75) is 69.9 Å². The van der Waals surface area contributed by atoms with Gasteiger partial charge in [0.25, 0.3) is 5.91 Å². The summed E-state index contributed by atoms with van der Waals surface area (Å²) in [5.74, 6) is -1.28. The summed E-state index contributed by atoms with van der Waals surface area (Å²) in [6, 6.07) is 39.7. The number of halogens is 2. The number of benzene rings is 6. The number of hydrogen-bond acceptors (Lipinski definition) is 7. The van der Waals surface area contributed by atoms with E-state index < -0.39 is 48.4 Å². The molecule has 364 valence electrons. The SMILES string of the molecule is C=CC[C@H](NC(=O)[C@@H](CCC[NH+]=C(N)N)NC(=O)[C@@H](CCCC[NH3+])NC(=O)COc1ccc2ccccc2c1-c1c(OCc2ccccc2)ccc2ccccc12)C(=O)OCc1ccccc1.[Cl-].[Cl-]. The number of esters is 1. The summed E-state index contributed by atoms with van der Waals surface area (Å²) in [4.78, 5) is 58.1. The molecule has 6 rings (SSSR count). The number of carbonyl (C=O) groups excluding carboxylic acids is 4. The second kappa shape index (κ2) is 28.3. The number of quaternary nitrogens is 1. The van der Waals surface area contributed by atoms with E-state index in [1.165, 1.54) is 6.08 Å². The number of fused-ring (bicyclic) bond motifs is 2. The molecule has 11 N–H and O–H groups in total. The summed E-state index contributed by atoms with van der Waals surface area (Å²) in [5, 5.41) is 12.3. The highest BCUT2D eigenvalue weighted by atomic mass is 35.5. The quantitative estimate of drug-likeness (QED) is 0.0110. The van der Waals surface area contributed by atoms with Gasteiger partial charge in [-0.3, -0.25) is 30.8 Å². The Kier molecular flexibility index (Phi) is 22.3. The summed E-state index contributed by atoms with van der Waals surface area (Å²) in [7, 11) is 0. The molecule has 0 bridgehead atoms. The fourth-order valence-electron chi connectivity index (χ4n) is 7.73. The third-order valence-electron chi connectivity index (χ3n) is 11.1. The molecule has 0 unspecified atom stereocenters. The van der Waals surface area contributed by atoms with E-state index in [4.69, 9.17) is 25.7 Å². The predicted molar refractivity (Wildman–Crippen MR) is 260 cm³/mol. The smallest absolute Gasteiger partial charge is 0.338 e. The van der Waals surface area contributed by atoms with E-state index in [0.717, 1.165) is 43.8 Å². The van der Waals surface area contributed by atoms with Gasteiger partial charge in [0, 0.05) is 11.1 Å². The van der Waals surface area contributed by atoms with Gasteiger partial charge < -0.3 is 60.7 Å². The van der Waals surface area contributed by atoms with Crippen molar-refractivity contribution in [3.8, 4) is 22.6 Å². The Bertz CT molecular complexity index is 2650. The zero-order valence-corrected chi connectivity index (χ0v) is 40.0. The molecule has 3 amide bonds. The van der Waals surface area contributed by atoms with E-state index in [1.807, 2.05) is 133 Å².